The second kappa shape index (κ2) is 9.98. The van der Waals surface area contributed by atoms with E-state index >= 15 is 0 Å². The number of fused-ring (bicyclic) bond motifs is 2. The number of aromatic nitrogens is 2. The summed E-state index contributed by atoms with van der Waals surface area (Å²) < 4.78 is 0. The van der Waals surface area contributed by atoms with Crippen LogP contribution in [-0.4, -0.2) is 28.3 Å². The summed E-state index contributed by atoms with van der Waals surface area (Å²) in [5.41, 5.74) is 7.04. The first kappa shape index (κ1) is 24.8. The Morgan fingerprint density at radius 2 is 1.90 bits per heavy atom. The van der Waals surface area contributed by atoms with E-state index in [1.165, 1.54) is 17.5 Å². The van der Waals surface area contributed by atoms with Gasteiger partial charge in [0.05, 0.1) is 5.41 Å². The van der Waals surface area contributed by atoms with Gasteiger partial charge in [-0.05, 0) is 80.0 Å². The van der Waals surface area contributed by atoms with Gasteiger partial charge in [-0.2, -0.15) is 0 Å². The predicted octanol–water partition coefficient (Wildman–Crippen LogP) is 5.43. The minimum Gasteiger partial charge on any atom is -0.340 e. The number of carbonyl (C=O) groups is 2. The highest BCUT2D eigenvalue weighted by Crippen LogP contribution is 2.48. The van der Waals surface area contributed by atoms with Crippen LogP contribution < -0.4 is 15.5 Å². The van der Waals surface area contributed by atoms with Crippen molar-refractivity contribution in [2.24, 2.45) is 5.41 Å². The molecule has 0 bridgehead atoms. The molecule has 2 aliphatic heterocycles. The van der Waals surface area contributed by atoms with Crippen LogP contribution in [-0.2, 0) is 24.1 Å². The van der Waals surface area contributed by atoms with Crippen LogP contribution >= 0.6 is 0 Å². The number of rotatable bonds is 5. The monoisotopic (exact) mass is 517 g/mol. The zero-order chi connectivity index (χ0) is 27.0. The van der Waals surface area contributed by atoms with E-state index in [1.807, 2.05) is 61.2 Å². The van der Waals surface area contributed by atoms with Gasteiger partial charge in [-0.15, -0.1) is 0 Å². The van der Waals surface area contributed by atoms with E-state index in [-0.39, 0.29) is 11.8 Å². The average Bonchev–Trinajstić information content (AvgIpc) is 3.44. The third-order valence-electron chi connectivity index (χ3n) is 7.93. The summed E-state index contributed by atoms with van der Waals surface area (Å²) in [7, 11) is 0. The Hall–Kier alpha value is -4.52. The zero-order valence-electron chi connectivity index (χ0n) is 22.2. The molecule has 6 rings (SSSR count). The van der Waals surface area contributed by atoms with E-state index < -0.39 is 5.41 Å². The number of benzene rings is 2. The van der Waals surface area contributed by atoms with Crippen LogP contribution in [0.4, 0.5) is 17.2 Å². The SMILES string of the molecule is CC=C/C=C\C1=C(C)NC(=O)C12Cc1ccc(Nc3cc(C(=O)N4CCCc5ccccc54)ncn3)cc1C2. The Balaban J connectivity index is 1.22. The molecule has 2 aromatic carbocycles. The predicted molar refractivity (Wildman–Crippen MR) is 153 cm³/mol. The fraction of sp³-hybridized carbons (Fsp3) is 0.250. The molecular formula is C32H31N5O2. The lowest BCUT2D eigenvalue weighted by Gasteiger charge is -2.29. The number of allylic oxidation sites excluding steroid dienone is 5. The van der Waals surface area contributed by atoms with Crippen molar-refractivity contribution in [3.8, 4) is 0 Å². The topological polar surface area (TPSA) is 87.2 Å². The minimum atomic E-state index is -0.581. The van der Waals surface area contributed by atoms with Gasteiger partial charge in [0.2, 0.25) is 5.91 Å². The number of anilines is 3. The van der Waals surface area contributed by atoms with E-state index in [2.05, 4.69) is 44.9 Å². The number of nitrogens with zero attached hydrogens (tertiary/aromatic N) is 3. The molecule has 2 N–H and O–H groups in total. The van der Waals surface area contributed by atoms with E-state index in [0.29, 0.717) is 30.9 Å². The highest BCUT2D eigenvalue weighted by atomic mass is 16.2. The fourth-order valence-electron chi connectivity index (χ4n) is 6.06. The summed E-state index contributed by atoms with van der Waals surface area (Å²) in [5, 5.41) is 6.41. The van der Waals surface area contributed by atoms with Crippen molar-refractivity contribution >= 4 is 29.0 Å². The Kier molecular flexibility index (Phi) is 6.35. The number of hydrogen-bond acceptors (Lipinski definition) is 5. The molecular weight excluding hydrogens is 486 g/mol. The normalized spacial score (nSPS) is 20.2. The number of nitrogens with one attached hydrogen (secondary N) is 2. The number of para-hydroxylation sites is 1. The molecule has 196 valence electrons. The molecule has 0 saturated heterocycles. The quantitative estimate of drug-likeness (QED) is 0.441. The first-order chi connectivity index (χ1) is 19.0. The molecule has 39 heavy (non-hydrogen) atoms. The van der Waals surface area contributed by atoms with Crippen LogP contribution in [0.15, 0.2) is 90.4 Å². The van der Waals surface area contributed by atoms with Crippen molar-refractivity contribution < 1.29 is 9.59 Å². The van der Waals surface area contributed by atoms with Gasteiger partial charge in [-0.25, -0.2) is 9.97 Å². The molecule has 0 radical (unpaired) electrons. The van der Waals surface area contributed by atoms with Crippen molar-refractivity contribution in [3.63, 3.8) is 0 Å². The summed E-state index contributed by atoms with van der Waals surface area (Å²) in [5.74, 6) is 0.483. The Morgan fingerprint density at radius 3 is 2.77 bits per heavy atom. The molecule has 1 aliphatic carbocycles. The Labute approximate surface area is 228 Å². The van der Waals surface area contributed by atoms with Gasteiger partial charge < -0.3 is 15.5 Å². The van der Waals surface area contributed by atoms with Crippen LogP contribution in [0.3, 0.4) is 0 Å². The molecule has 1 spiro atoms. The number of aryl methyl sites for hydroxylation is 1. The van der Waals surface area contributed by atoms with Crippen molar-refractivity contribution in [3.05, 3.63) is 113 Å². The van der Waals surface area contributed by atoms with Crippen LogP contribution in [0.1, 0.15) is 47.4 Å². The van der Waals surface area contributed by atoms with Crippen LogP contribution in [0.5, 0.6) is 0 Å². The molecule has 1 unspecified atom stereocenters. The second-order valence-corrected chi connectivity index (χ2v) is 10.4. The van der Waals surface area contributed by atoms with Crippen molar-refractivity contribution in [1.82, 2.24) is 15.3 Å². The second-order valence-electron chi connectivity index (χ2n) is 10.4. The third-order valence-corrected chi connectivity index (χ3v) is 7.93. The smallest absolute Gasteiger partial charge is 0.277 e. The molecule has 0 fully saturated rings. The highest BCUT2D eigenvalue weighted by Gasteiger charge is 2.50. The first-order valence-corrected chi connectivity index (χ1v) is 13.4. The lowest BCUT2D eigenvalue weighted by atomic mass is 9.78. The third kappa shape index (κ3) is 4.44. The number of carbonyl (C=O) groups excluding carboxylic acids is 2. The number of hydrogen-bond donors (Lipinski definition) is 2. The van der Waals surface area contributed by atoms with Gasteiger partial charge in [0.1, 0.15) is 17.8 Å². The lowest BCUT2D eigenvalue weighted by Crippen LogP contribution is -2.36. The van der Waals surface area contributed by atoms with Crippen LogP contribution in [0, 0.1) is 5.41 Å². The van der Waals surface area contributed by atoms with Gasteiger partial charge in [-0.3, -0.25) is 9.59 Å². The summed E-state index contributed by atoms with van der Waals surface area (Å²) in [4.78, 5) is 37.0. The molecule has 3 heterocycles. The lowest BCUT2D eigenvalue weighted by molar-refractivity contribution is -0.126. The van der Waals surface area contributed by atoms with Gasteiger partial charge >= 0.3 is 0 Å². The van der Waals surface area contributed by atoms with Gasteiger partial charge in [-0.1, -0.05) is 48.6 Å². The van der Waals surface area contributed by atoms with E-state index in [9.17, 15) is 9.59 Å². The molecule has 3 aliphatic rings. The van der Waals surface area contributed by atoms with Gasteiger partial charge in [0.25, 0.3) is 5.91 Å². The molecule has 0 saturated carbocycles. The number of amides is 2. The van der Waals surface area contributed by atoms with Crippen LogP contribution in [0.2, 0.25) is 0 Å². The highest BCUT2D eigenvalue weighted by molar-refractivity contribution is 6.05. The van der Waals surface area contributed by atoms with E-state index in [0.717, 1.165) is 41.1 Å². The van der Waals surface area contributed by atoms with E-state index in [1.54, 1.807) is 6.07 Å². The average molecular weight is 518 g/mol. The van der Waals surface area contributed by atoms with Crippen LogP contribution in [0.25, 0.3) is 0 Å². The minimum absolute atomic E-state index is 0.0593. The maximum absolute atomic E-state index is 13.4. The summed E-state index contributed by atoms with van der Waals surface area (Å²) in [6, 6.07) is 15.9. The Bertz CT molecular complexity index is 1570. The standard InChI is InChI=1S/C32H31N5O2/c1-3-4-5-11-26-21(2)35-31(39)32(26)18-23-13-14-25(16-24(23)19-32)36-29-17-27(33-20-34-29)30(38)37-15-8-10-22-9-6-7-12-28(22)37/h3-7,9,11-14,16-17,20H,8,10,15,18-19H2,1-2H3,(H,35,39)(H,33,34,36)/b4-3?,11-5-. The summed E-state index contributed by atoms with van der Waals surface area (Å²) in [6.07, 6.45) is 12.6. The maximum atomic E-state index is 13.4. The van der Waals surface area contributed by atoms with Gasteiger partial charge in [0, 0.05) is 29.7 Å². The molecule has 7 heteroatoms. The summed E-state index contributed by atoms with van der Waals surface area (Å²) >= 11 is 0. The Morgan fingerprint density at radius 1 is 1.05 bits per heavy atom. The zero-order valence-corrected chi connectivity index (χ0v) is 22.2. The van der Waals surface area contributed by atoms with Crippen molar-refractivity contribution in [1.29, 1.82) is 0 Å². The molecule has 3 aromatic rings. The van der Waals surface area contributed by atoms with Crippen molar-refractivity contribution in [2.75, 3.05) is 16.8 Å². The first-order valence-electron chi connectivity index (χ1n) is 13.4. The summed E-state index contributed by atoms with van der Waals surface area (Å²) in [6.45, 7) is 4.61. The molecule has 1 atom stereocenters. The largest absolute Gasteiger partial charge is 0.340 e. The maximum Gasteiger partial charge on any atom is 0.277 e. The van der Waals surface area contributed by atoms with E-state index in [4.69, 9.17) is 0 Å². The van der Waals surface area contributed by atoms with Crippen molar-refractivity contribution in [2.45, 2.75) is 39.5 Å². The fourth-order valence-corrected chi connectivity index (χ4v) is 6.06. The molecule has 2 amide bonds. The molecule has 7 nitrogen and oxygen atoms in total. The van der Waals surface area contributed by atoms with Gasteiger partial charge in [0.15, 0.2) is 0 Å². The molecule has 1 aromatic heterocycles.